The van der Waals surface area contributed by atoms with E-state index in [0.29, 0.717) is 0 Å². The van der Waals surface area contributed by atoms with Crippen molar-refractivity contribution in [2.24, 2.45) is 0 Å². The maximum atomic E-state index is 5.39. The van der Waals surface area contributed by atoms with Gasteiger partial charge in [0.1, 0.15) is 5.82 Å². The molecular formula is C15H26N4O2. The second-order valence-electron chi connectivity index (χ2n) is 4.87. The summed E-state index contributed by atoms with van der Waals surface area (Å²) in [7, 11) is 0. The van der Waals surface area contributed by atoms with Crippen molar-refractivity contribution in [3.05, 3.63) is 11.8 Å². The molecule has 0 unspecified atom stereocenters. The lowest BCUT2D eigenvalue weighted by molar-refractivity contribution is 0.121. The molecule has 0 radical (unpaired) electrons. The van der Waals surface area contributed by atoms with Gasteiger partial charge in [-0.05, 0) is 6.92 Å². The summed E-state index contributed by atoms with van der Waals surface area (Å²) in [6.45, 7) is 12.6. The summed E-state index contributed by atoms with van der Waals surface area (Å²) in [6.07, 6.45) is 0. The van der Waals surface area contributed by atoms with Gasteiger partial charge in [0.05, 0.1) is 26.4 Å². The van der Waals surface area contributed by atoms with E-state index >= 15 is 0 Å². The molecule has 0 bridgehead atoms. The highest BCUT2D eigenvalue weighted by molar-refractivity contribution is 5.46. The maximum absolute atomic E-state index is 5.39. The second-order valence-corrected chi connectivity index (χ2v) is 4.87. The lowest BCUT2D eigenvalue weighted by Gasteiger charge is -2.30. The Hall–Kier alpha value is -1.40. The minimum Gasteiger partial charge on any atom is -0.378 e. The van der Waals surface area contributed by atoms with Crippen LogP contribution in [0.3, 0.4) is 0 Å². The normalized spacial score (nSPS) is 19.0. The number of rotatable bonds is 2. The van der Waals surface area contributed by atoms with Gasteiger partial charge in [-0.2, -0.15) is 4.98 Å². The van der Waals surface area contributed by atoms with E-state index in [1.54, 1.807) is 0 Å². The Bertz CT molecular complexity index is 393. The number of ether oxygens (including phenoxy) is 2. The molecule has 0 aliphatic carbocycles. The van der Waals surface area contributed by atoms with Gasteiger partial charge in [0, 0.05) is 37.9 Å². The first kappa shape index (κ1) is 16.0. The van der Waals surface area contributed by atoms with Crippen LogP contribution in [0.15, 0.2) is 6.07 Å². The highest BCUT2D eigenvalue weighted by Gasteiger charge is 2.18. The van der Waals surface area contributed by atoms with Crippen LogP contribution in [-0.4, -0.2) is 62.6 Å². The summed E-state index contributed by atoms with van der Waals surface area (Å²) < 4.78 is 10.8. The van der Waals surface area contributed by atoms with Crippen molar-refractivity contribution in [3.63, 3.8) is 0 Å². The lowest BCUT2D eigenvalue weighted by atomic mass is 10.3. The molecule has 0 amide bonds. The molecule has 0 spiro atoms. The fourth-order valence-electron chi connectivity index (χ4n) is 2.40. The van der Waals surface area contributed by atoms with Crippen LogP contribution in [0, 0.1) is 6.92 Å². The van der Waals surface area contributed by atoms with E-state index in [1.807, 2.05) is 20.8 Å². The Labute approximate surface area is 127 Å². The molecule has 1 aromatic rings. The summed E-state index contributed by atoms with van der Waals surface area (Å²) in [4.78, 5) is 13.7. The van der Waals surface area contributed by atoms with Crippen molar-refractivity contribution < 1.29 is 9.47 Å². The van der Waals surface area contributed by atoms with Crippen molar-refractivity contribution in [1.29, 1.82) is 0 Å². The Morgan fingerprint density at radius 3 is 1.95 bits per heavy atom. The Morgan fingerprint density at radius 2 is 1.38 bits per heavy atom. The standard InChI is InChI=1S/C13H20N4O2.C2H6/c1-11-10-12(16-2-6-18-7-3-16)15-13(14-11)17-4-8-19-9-5-17;1-2/h10H,2-9H2,1H3;1-2H3. The summed E-state index contributed by atoms with van der Waals surface area (Å²) in [5, 5.41) is 0. The molecule has 21 heavy (non-hydrogen) atoms. The Kier molecular flexibility index (Phi) is 6.20. The third-order valence-corrected chi connectivity index (χ3v) is 3.46. The number of nitrogens with zero attached hydrogens (tertiary/aromatic N) is 4. The highest BCUT2D eigenvalue weighted by Crippen LogP contribution is 2.19. The van der Waals surface area contributed by atoms with Crippen LogP contribution >= 0.6 is 0 Å². The van der Waals surface area contributed by atoms with Crippen molar-refractivity contribution in [1.82, 2.24) is 9.97 Å². The van der Waals surface area contributed by atoms with E-state index < -0.39 is 0 Å². The van der Waals surface area contributed by atoms with E-state index in [1.165, 1.54) is 0 Å². The monoisotopic (exact) mass is 294 g/mol. The number of aryl methyl sites for hydroxylation is 1. The second kappa shape index (κ2) is 8.14. The summed E-state index contributed by atoms with van der Waals surface area (Å²) in [5.41, 5.74) is 1.01. The van der Waals surface area contributed by atoms with Gasteiger partial charge in [-0.3, -0.25) is 0 Å². The molecule has 3 heterocycles. The molecule has 0 saturated carbocycles. The van der Waals surface area contributed by atoms with E-state index in [4.69, 9.17) is 14.5 Å². The van der Waals surface area contributed by atoms with Gasteiger partial charge in [0.15, 0.2) is 0 Å². The molecule has 2 aliphatic rings. The molecule has 0 atom stereocenters. The Balaban J connectivity index is 0.000000774. The van der Waals surface area contributed by atoms with E-state index in [-0.39, 0.29) is 0 Å². The van der Waals surface area contributed by atoms with Crippen LogP contribution in [0.1, 0.15) is 19.5 Å². The van der Waals surface area contributed by atoms with Gasteiger partial charge in [0.2, 0.25) is 5.95 Å². The molecule has 2 saturated heterocycles. The summed E-state index contributed by atoms with van der Waals surface area (Å²) >= 11 is 0. The predicted molar refractivity (Wildman–Crippen MR) is 84.2 cm³/mol. The topological polar surface area (TPSA) is 50.7 Å². The van der Waals surface area contributed by atoms with Gasteiger partial charge in [-0.25, -0.2) is 4.98 Å². The van der Waals surface area contributed by atoms with Crippen LogP contribution in [0.2, 0.25) is 0 Å². The Morgan fingerprint density at radius 1 is 0.857 bits per heavy atom. The molecule has 2 aliphatic heterocycles. The molecule has 6 heteroatoms. The number of morpholine rings is 2. The lowest BCUT2D eigenvalue weighted by Crippen LogP contribution is -2.39. The smallest absolute Gasteiger partial charge is 0.227 e. The average Bonchev–Trinajstić information content (AvgIpc) is 2.58. The minimum absolute atomic E-state index is 0.754. The van der Waals surface area contributed by atoms with Gasteiger partial charge in [-0.15, -0.1) is 0 Å². The quantitative estimate of drug-likeness (QED) is 0.823. The molecule has 1 aromatic heterocycles. The van der Waals surface area contributed by atoms with Crippen LogP contribution < -0.4 is 9.80 Å². The fraction of sp³-hybridized carbons (Fsp3) is 0.733. The largest absolute Gasteiger partial charge is 0.378 e. The first-order valence-corrected chi connectivity index (χ1v) is 7.84. The zero-order valence-electron chi connectivity index (χ0n) is 13.3. The van der Waals surface area contributed by atoms with Crippen molar-refractivity contribution in [2.75, 3.05) is 62.4 Å². The van der Waals surface area contributed by atoms with E-state index in [2.05, 4.69) is 20.9 Å². The van der Waals surface area contributed by atoms with Crippen LogP contribution in [0.25, 0.3) is 0 Å². The highest BCUT2D eigenvalue weighted by atomic mass is 16.5. The molecule has 118 valence electrons. The minimum atomic E-state index is 0.754. The van der Waals surface area contributed by atoms with Gasteiger partial charge >= 0.3 is 0 Å². The summed E-state index contributed by atoms with van der Waals surface area (Å²) in [6, 6.07) is 2.05. The van der Waals surface area contributed by atoms with Gasteiger partial charge < -0.3 is 19.3 Å². The number of anilines is 2. The average molecular weight is 294 g/mol. The number of aromatic nitrogens is 2. The molecule has 0 aromatic carbocycles. The first-order valence-electron chi connectivity index (χ1n) is 7.84. The molecule has 6 nitrogen and oxygen atoms in total. The predicted octanol–water partition coefficient (Wildman–Crippen LogP) is 1.48. The maximum Gasteiger partial charge on any atom is 0.227 e. The van der Waals surface area contributed by atoms with Gasteiger partial charge in [0.25, 0.3) is 0 Å². The molecule has 3 rings (SSSR count). The van der Waals surface area contributed by atoms with E-state index in [9.17, 15) is 0 Å². The zero-order valence-corrected chi connectivity index (χ0v) is 13.3. The van der Waals surface area contributed by atoms with Crippen LogP contribution in [0.5, 0.6) is 0 Å². The third-order valence-electron chi connectivity index (χ3n) is 3.46. The van der Waals surface area contributed by atoms with Gasteiger partial charge in [-0.1, -0.05) is 13.8 Å². The number of hydrogen-bond donors (Lipinski definition) is 0. The SMILES string of the molecule is CC.Cc1cc(N2CCOCC2)nc(N2CCOCC2)n1. The number of hydrogen-bond acceptors (Lipinski definition) is 6. The van der Waals surface area contributed by atoms with E-state index in [0.717, 1.165) is 70.1 Å². The molecule has 0 N–H and O–H groups in total. The third kappa shape index (κ3) is 4.28. The first-order chi connectivity index (χ1) is 10.3. The van der Waals surface area contributed by atoms with Crippen molar-refractivity contribution in [3.8, 4) is 0 Å². The van der Waals surface area contributed by atoms with Crippen LogP contribution in [-0.2, 0) is 9.47 Å². The zero-order chi connectivity index (χ0) is 15.1. The fourth-order valence-corrected chi connectivity index (χ4v) is 2.40. The molecule has 2 fully saturated rings. The molecular weight excluding hydrogens is 268 g/mol. The van der Waals surface area contributed by atoms with Crippen molar-refractivity contribution in [2.45, 2.75) is 20.8 Å². The van der Waals surface area contributed by atoms with Crippen molar-refractivity contribution >= 4 is 11.8 Å². The van der Waals surface area contributed by atoms with Crippen LogP contribution in [0.4, 0.5) is 11.8 Å². The summed E-state index contributed by atoms with van der Waals surface area (Å²) in [5.74, 6) is 1.84.